The van der Waals surface area contributed by atoms with Crippen molar-refractivity contribution >= 4 is 34.3 Å². The van der Waals surface area contributed by atoms with E-state index < -0.39 is 5.25 Å². The summed E-state index contributed by atoms with van der Waals surface area (Å²) in [4.78, 5) is 29.9. The van der Waals surface area contributed by atoms with Crippen LogP contribution in [0.15, 0.2) is 58.5 Å². The molecule has 0 aliphatic heterocycles. The molecule has 0 bridgehead atoms. The van der Waals surface area contributed by atoms with E-state index in [1.807, 2.05) is 26.0 Å². The maximum atomic E-state index is 13.0. The number of amides is 1. The SMILES string of the molecule is CC(C)n1c(S[C@H](C)C(=O)Nc2ccc(F)cc2)nc2ccccc2c1=O. The molecule has 0 fully saturated rings. The summed E-state index contributed by atoms with van der Waals surface area (Å²) in [5.74, 6) is -0.610. The number of halogens is 1. The highest BCUT2D eigenvalue weighted by Gasteiger charge is 2.20. The van der Waals surface area contributed by atoms with Gasteiger partial charge in [0.1, 0.15) is 5.82 Å². The van der Waals surface area contributed by atoms with Gasteiger partial charge in [-0.25, -0.2) is 9.37 Å². The first-order valence-electron chi connectivity index (χ1n) is 8.61. The fraction of sp³-hybridized carbons (Fsp3) is 0.250. The molecule has 3 aromatic rings. The van der Waals surface area contributed by atoms with Crippen molar-refractivity contribution in [2.45, 2.75) is 37.2 Å². The molecule has 0 radical (unpaired) electrons. The number of rotatable bonds is 5. The first kappa shape index (κ1) is 19.1. The average molecular weight is 385 g/mol. The molecule has 140 valence electrons. The maximum Gasteiger partial charge on any atom is 0.262 e. The number of fused-ring (bicyclic) bond motifs is 1. The third-order valence-corrected chi connectivity index (χ3v) is 5.12. The van der Waals surface area contributed by atoms with Crippen molar-refractivity contribution < 1.29 is 9.18 Å². The normalized spacial score (nSPS) is 12.3. The number of nitrogens with zero attached hydrogens (tertiary/aromatic N) is 2. The van der Waals surface area contributed by atoms with Crippen LogP contribution in [-0.4, -0.2) is 20.7 Å². The van der Waals surface area contributed by atoms with Crippen LogP contribution in [0.25, 0.3) is 10.9 Å². The summed E-state index contributed by atoms with van der Waals surface area (Å²) in [7, 11) is 0. The smallest absolute Gasteiger partial charge is 0.262 e. The second kappa shape index (κ2) is 7.92. The van der Waals surface area contributed by atoms with Gasteiger partial charge in [-0.2, -0.15) is 0 Å². The van der Waals surface area contributed by atoms with E-state index in [1.54, 1.807) is 23.6 Å². The van der Waals surface area contributed by atoms with Gasteiger partial charge in [0, 0.05) is 11.7 Å². The number of hydrogen-bond donors (Lipinski definition) is 1. The molecular formula is C20H20FN3O2S. The van der Waals surface area contributed by atoms with Gasteiger partial charge in [0.15, 0.2) is 5.16 Å². The summed E-state index contributed by atoms with van der Waals surface area (Å²) in [5.41, 5.74) is 0.999. The zero-order valence-corrected chi connectivity index (χ0v) is 16.1. The standard InChI is InChI=1S/C20H20FN3O2S/c1-12(2)24-19(26)16-6-4-5-7-17(16)23-20(24)27-13(3)18(25)22-15-10-8-14(21)9-11-15/h4-13H,1-3H3,(H,22,25)/t13-/m1/s1. The molecule has 7 heteroatoms. The summed E-state index contributed by atoms with van der Waals surface area (Å²) in [5, 5.41) is 3.31. The van der Waals surface area contributed by atoms with Gasteiger partial charge < -0.3 is 5.32 Å². The first-order valence-corrected chi connectivity index (χ1v) is 9.49. The van der Waals surface area contributed by atoms with E-state index in [0.29, 0.717) is 21.7 Å². The Labute approximate surface area is 160 Å². The molecule has 3 rings (SSSR count). The topological polar surface area (TPSA) is 64.0 Å². The summed E-state index contributed by atoms with van der Waals surface area (Å²) in [6.07, 6.45) is 0. The Balaban J connectivity index is 1.88. The first-order chi connectivity index (χ1) is 12.9. The fourth-order valence-electron chi connectivity index (χ4n) is 2.65. The minimum Gasteiger partial charge on any atom is -0.325 e. The van der Waals surface area contributed by atoms with Crippen LogP contribution in [0.2, 0.25) is 0 Å². The number of benzene rings is 2. The van der Waals surface area contributed by atoms with E-state index in [4.69, 9.17) is 0 Å². The van der Waals surface area contributed by atoms with Crippen molar-refractivity contribution in [1.29, 1.82) is 0 Å². The molecule has 1 N–H and O–H groups in total. The van der Waals surface area contributed by atoms with E-state index in [0.717, 1.165) is 0 Å². The number of thioether (sulfide) groups is 1. The van der Waals surface area contributed by atoms with Gasteiger partial charge >= 0.3 is 0 Å². The summed E-state index contributed by atoms with van der Waals surface area (Å²) in [6.45, 7) is 5.56. The van der Waals surface area contributed by atoms with E-state index in [1.165, 1.54) is 36.0 Å². The third kappa shape index (κ3) is 4.19. The molecule has 0 aliphatic rings. The van der Waals surface area contributed by atoms with Crippen molar-refractivity contribution in [3.05, 3.63) is 64.7 Å². The van der Waals surface area contributed by atoms with Gasteiger partial charge in [-0.3, -0.25) is 14.2 Å². The molecule has 0 unspecified atom stereocenters. The van der Waals surface area contributed by atoms with E-state index in [2.05, 4.69) is 10.3 Å². The molecule has 0 saturated carbocycles. The Morgan fingerprint density at radius 3 is 2.44 bits per heavy atom. The number of anilines is 1. The third-order valence-electron chi connectivity index (χ3n) is 4.06. The summed E-state index contributed by atoms with van der Waals surface area (Å²) >= 11 is 1.22. The zero-order valence-electron chi connectivity index (χ0n) is 15.3. The van der Waals surface area contributed by atoms with Gasteiger partial charge in [-0.05, 0) is 57.2 Å². The van der Waals surface area contributed by atoms with Crippen LogP contribution in [0.1, 0.15) is 26.8 Å². The van der Waals surface area contributed by atoms with Gasteiger partial charge in [0.25, 0.3) is 5.56 Å². The van der Waals surface area contributed by atoms with Crippen molar-refractivity contribution in [1.82, 2.24) is 9.55 Å². The van der Waals surface area contributed by atoms with Crippen molar-refractivity contribution in [2.75, 3.05) is 5.32 Å². The molecule has 2 aromatic carbocycles. The Morgan fingerprint density at radius 2 is 1.78 bits per heavy atom. The quantitative estimate of drug-likeness (QED) is 0.527. The largest absolute Gasteiger partial charge is 0.325 e. The monoisotopic (exact) mass is 385 g/mol. The molecule has 0 aliphatic carbocycles. The molecule has 1 heterocycles. The van der Waals surface area contributed by atoms with Gasteiger partial charge in [-0.1, -0.05) is 23.9 Å². The minimum atomic E-state index is -0.492. The second-order valence-corrected chi connectivity index (χ2v) is 7.74. The Hall–Kier alpha value is -2.67. The van der Waals surface area contributed by atoms with Gasteiger partial charge in [-0.15, -0.1) is 0 Å². The second-order valence-electron chi connectivity index (χ2n) is 6.44. The van der Waals surface area contributed by atoms with Crippen molar-refractivity contribution in [2.24, 2.45) is 0 Å². The highest BCUT2D eigenvalue weighted by molar-refractivity contribution is 8.00. The molecule has 27 heavy (non-hydrogen) atoms. The molecule has 0 spiro atoms. The summed E-state index contributed by atoms with van der Waals surface area (Å²) < 4.78 is 14.6. The highest BCUT2D eigenvalue weighted by Crippen LogP contribution is 2.25. The van der Waals surface area contributed by atoms with Crippen molar-refractivity contribution in [3.63, 3.8) is 0 Å². The molecule has 1 atom stereocenters. The van der Waals surface area contributed by atoms with Crippen LogP contribution in [0.4, 0.5) is 10.1 Å². The lowest BCUT2D eigenvalue weighted by molar-refractivity contribution is -0.115. The number of hydrogen-bond acceptors (Lipinski definition) is 4. The highest BCUT2D eigenvalue weighted by atomic mass is 32.2. The summed E-state index contributed by atoms with van der Waals surface area (Å²) in [6, 6.07) is 12.7. The van der Waals surface area contributed by atoms with Crippen LogP contribution < -0.4 is 10.9 Å². The van der Waals surface area contributed by atoms with Crippen LogP contribution in [0.5, 0.6) is 0 Å². The number of carbonyl (C=O) groups is 1. The predicted molar refractivity (Wildman–Crippen MR) is 107 cm³/mol. The molecule has 1 amide bonds. The van der Waals surface area contributed by atoms with E-state index in [9.17, 15) is 14.0 Å². The van der Waals surface area contributed by atoms with Crippen LogP contribution in [0.3, 0.4) is 0 Å². The molecule has 1 aromatic heterocycles. The molecule has 5 nitrogen and oxygen atoms in total. The lowest BCUT2D eigenvalue weighted by Gasteiger charge is -2.18. The number of aromatic nitrogens is 2. The molecular weight excluding hydrogens is 365 g/mol. The lowest BCUT2D eigenvalue weighted by atomic mass is 10.2. The number of para-hydroxylation sites is 1. The van der Waals surface area contributed by atoms with Crippen LogP contribution >= 0.6 is 11.8 Å². The Bertz CT molecular complexity index is 1030. The number of carbonyl (C=O) groups excluding carboxylic acids is 1. The average Bonchev–Trinajstić information content (AvgIpc) is 2.63. The van der Waals surface area contributed by atoms with Gasteiger partial charge in [0.05, 0.1) is 16.2 Å². The fourth-order valence-corrected chi connectivity index (χ4v) is 3.69. The van der Waals surface area contributed by atoms with E-state index in [-0.39, 0.29) is 23.3 Å². The predicted octanol–water partition coefficient (Wildman–Crippen LogP) is 4.24. The van der Waals surface area contributed by atoms with Crippen LogP contribution in [0, 0.1) is 5.82 Å². The zero-order chi connectivity index (χ0) is 19.6. The number of nitrogens with one attached hydrogen (secondary N) is 1. The van der Waals surface area contributed by atoms with Gasteiger partial charge in [0.2, 0.25) is 5.91 Å². The maximum absolute atomic E-state index is 13.0. The Morgan fingerprint density at radius 1 is 1.11 bits per heavy atom. The minimum absolute atomic E-state index is 0.0931. The lowest BCUT2D eigenvalue weighted by Crippen LogP contribution is -2.28. The van der Waals surface area contributed by atoms with Crippen molar-refractivity contribution in [3.8, 4) is 0 Å². The Kier molecular flexibility index (Phi) is 5.60. The molecule has 0 saturated heterocycles. The van der Waals surface area contributed by atoms with Crippen LogP contribution in [-0.2, 0) is 4.79 Å². The van der Waals surface area contributed by atoms with E-state index >= 15 is 0 Å².